The third-order valence-corrected chi connectivity index (χ3v) is 3.24. The Morgan fingerprint density at radius 1 is 1.05 bits per heavy atom. The fourth-order valence-corrected chi connectivity index (χ4v) is 2.14. The van der Waals surface area contributed by atoms with E-state index in [1.807, 2.05) is 0 Å². The molecular weight excluding hydrogens is 261 g/mol. The van der Waals surface area contributed by atoms with Gasteiger partial charge in [0.05, 0.1) is 13.2 Å². The third kappa shape index (κ3) is 2.58. The van der Waals surface area contributed by atoms with E-state index < -0.39 is 0 Å². The van der Waals surface area contributed by atoms with E-state index in [0.717, 1.165) is 5.56 Å². The molecule has 0 radical (unpaired) electrons. The van der Waals surface area contributed by atoms with Gasteiger partial charge >= 0.3 is 0 Å². The summed E-state index contributed by atoms with van der Waals surface area (Å²) < 4.78 is 23.7. The summed E-state index contributed by atoms with van der Waals surface area (Å²) in [5, 5.41) is 0. The number of carbonyl (C=O) groups excluding carboxylic acids is 1. The molecule has 1 aliphatic rings. The average Bonchev–Trinajstić information content (AvgIpc) is 2.98. The van der Waals surface area contributed by atoms with Crippen LogP contribution in [0.2, 0.25) is 0 Å². The summed E-state index contributed by atoms with van der Waals surface area (Å²) in [6.45, 7) is 2.26. The van der Waals surface area contributed by atoms with E-state index in [4.69, 9.17) is 9.15 Å². The van der Waals surface area contributed by atoms with Gasteiger partial charge < -0.3 is 14.1 Å². The minimum Gasteiger partial charge on any atom is -0.451 e. The number of hydrogen-bond donors (Lipinski definition) is 0. The molecule has 1 aromatic carbocycles. The Labute approximate surface area is 115 Å². The van der Waals surface area contributed by atoms with Crippen molar-refractivity contribution in [3.05, 3.63) is 48.0 Å². The first-order chi connectivity index (χ1) is 9.74. The van der Waals surface area contributed by atoms with Crippen LogP contribution < -0.4 is 0 Å². The number of hydrogen-bond acceptors (Lipinski definition) is 3. The van der Waals surface area contributed by atoms with Gasteiger partial charge in [0.25, 0.3) is 5.91 Å². The highest BCUT2D eigenvalue weighted by atomic mass is 19.1. The number of rotatable bonds is 2. The molecule has 4 nitrogen and oxygen atoms in total. The molecule has 5 heteroatoms. The van der Waals surface area contributed by atoms with Gasteiger partial charge in [-0.1, -0.05) is 0 Å². The molecule has 0 bridgehead atoms. The molecule has 1 saturated heterocycles. The summed E-state index contributed by atoms with van der Waals surface area (Å²) in [4.78, 5) is 13.9. The molecule has 0 unspecified atom stereocenters. The summed E-state index contributed by atoms with van der Waals surface area (Å²) in [5.74, 6) is 0.416. The molecular formula is C15H14FNO3. The van der Waals surface area contributed by atoms with Gasteiger partial charge in [0, 0.05) is 18.7 Å². The molecule has 1 aliphatic heterocycles. The van der Waals surface area contributed by atoms with Gasteiger partial charge in [-0.25, -0.2) is 4.39 Å². The SMILES string of the molecule is O=C(c1ccc(-c2ccc(F)cc2)o1)N1CCOCC1. The maximum atomic E-state index is 12.9. The lowest BCUT2D eigenvalue weighted by Crippen LogP contribution is -2.40. The summed E-state index contributed by atoms with van der Waals surface area (Å²) >= 11 is 0. The van der Waals surface area contributed by atoms with Crippen LogP contribution in [-0.4, -0.2) is 37.1 Å². The lowest BCUT2D eigenvalue weighted by atomic mass is 10.2. The van der Waals surface area contributed by atoms with E-state index in [-0.39, 0.29) is 11.7 Å². The van der Waals surface area contributed by atoms with Gasteiger partial charge in [-0.3, -0.25) is 4.79 Å². The van der Waals surface area contributed by atoms with Gasteiger partial charge in [-0.2, -0.15) is 0 Å². The van der Waals surface area contributed by atoms with E-state index in [2.05, 4.69) is 0 Å². The van der Waals surface area contributed by atoms with Crippen molar-refractivity contribution in [2.45, 2.75) is 0 Å². The number of amides is 1. The first-order valence-electron chi connectivity index (χ1n) is 6.47. The van der Waals surface area contributed by atoms with Crippen molar-refractivity contribution in [1.29, 1.82) is 0 Å². The van der Waals surface area contributed by atoms with Crippen molar-refractivity contribution in [2.24, 2.45) is 0 Å². The van der Waals surface area contributed by atoms with Gasteiger partial charge in [0.1, 0.15) is 11.6 Å². The number of halogens is 1. The highest BCUT2D eigenvalue weighted by molar-refractivity contribution is 5.92. The third-order valence-electron chi connectivity index (χ3n) is 3.24. The van der Waals surface area contributed by atoms with Crippen LogP contribution in [-0.2, 0) is 4.74 Å². The second kappa shape index (κ2) is 5.46. The Bertz CT molecular complexity index is 600. The summed E-state index contributed by atoms with van der Waals surface area (Å²) in [6.07, 6.45) is 0. The second-order valence-corrected chi connectivity index (χ2v) is 4.58. The number of morpholine rings is 1. The molecule has 2 aromatic rings. The minimum atomic E-state index is -0.301. The number of furan rings is 1. The Morgan fingerprint density at radius 3 is 2.45 bits per heavy atom. The standard InChI is InChI=1S/C15H14FNO3/c16-12-3-1-11(2-4-12)13-5-6-14(20-13)15(18)17-7-9-19-10-8-17/h1-6H,7-10H2. The fourth-order valence-electron chi connectivity index (χ4n) is 2.14. The van der Waals surface area contributed by atoms with Crippen LogP contribution in [0, 0.1) is 5.82 Å². The monoisotopic (exact) mass is 275 g/mol. The molecule has 0 atom stereocenters. The lowest BCUT2D eigenvalue weighted by molar-refractivity contribution is 0.0283. The Balaban J connectivity index is 1.79. The summed E-state index contributed by atoms with van der Waals surface area (Å²) in [7, 11) is 0. The molecule has 1 fully saturated rings. The van der Waals surface area contributed by atoms with Crippen molar-refractivity contribution < 1.29 is 18.3 Å². The fraction of sp³-hybridized carbons (Fsp3) is 0.267. The zero-order valence-electron chi connectivity index (χ0n) is 10.8. The molecule has 104 valence electrons. The smallest absolute Gasteiger partial charge is 0.289 e. The highest BCUT2D eigenvalue weighted by Gasteiger charge is 2.21. The molecule has 0 aliphatic carbocycles. The predicted octanol–water partition coefficient (Wildman–Crippen LogP) is 2.56. The van der Waals surface area contributed by atoms with Gasteiger partial charge in [0.2, 0.25) is 0 Å². The van der Waals surface area contributed by atoms with Crippen LogP contribution in [0.4, 0.5) is 4.39 Å². The summed E-state index contributed by atoms with van der Waals surface area (Å²) in [5.41, 5.74) is 0.743. The largest absolute Gasteiger partial charge is 0.451 e. The van der Waals surface area contributed by atoms with E-state index in [0.29, 0.717) is 37.8 Å². The normalized spacial score (nSPS) is 15.3. The van der Waals surface area contributed by atoms with Crippen LogP contribution in [0.25, 0.3) is 11.3 Å². The average molecular weight is 275 g/mol. The number of benzene rings is 1. The second-order valence-electron chi connectivity index (χ2n) is 4.58. The lowest BCUT2D eigenvalue weighted by Gasteiger charge is -2.25. The van der Waals surface area contributed by atoms with Crippen LogP contribution in [0.3, 0.4) is 0 Å². The number of ether oxygens (including phenoxy) is 1. The highest BCUT2D eigenvalue weighted by Crippen LogP contribution is 2.23. The maximum absolute atomic E-state index is 12.9. The zero-order chi connectivity index (χ0) is 13.9. The van der Waals surface area contributed by atoms with Gasteiger partial charge in [0.15, 0.2) is 5.76 Å². The summed E-state index contributed by atoms with van der Waals surface area (Å²) in [6, 6.07) is 9.34. The van der Waals surface area contributed by atoms with Crippen molar-refractivity contribution in [1.82, 2.24) is 4.90 Å². The van der Waals surface area contributed by atoms with Crippen LogP contribution in [0.15, 0.2) is 40.8 Å². The van der Waals surface area contributed by atoms with E-state index in [9.17, 15) is 9.18 Å². The van der Waals surface area contributed by atoms with E-state index >= 15 is 0 Å². The van der Waals surface area contributed by atoms with Gasteiger partial charge in [-0.05, 0) is 36.4 Å². The topological polar surface area (TPSA) is 42.7 Å². The van der Waals surface area contributed by atoms with E-state index in [1.54, 1.807) is 29.2 Å². The molecule has 1 aromatic heterocycles. The molecule has 20 heavy (non-hydrogen) atoms. The molecule has 1 amide bonds. The van der Waals surface area contributed by atoms with Gasteiger partial charge in [-0.15, -0.1) is 0 Å². The zero-order valence-corrected chi connectivity index (χ0v) is 10.8. The minimum absolute atomic E-state index is 0.137. The first-order valence-corrected chi connectivity index (χ1v) is 6.47. The quantitative estimate of drug-likeness (QED) is 0.846. The van der Waals surface area contributed by atoms with Crippen molar-refractivity contribution in [2.75, 3.05) is 26.3 Å². The molecule has 0 N–H and O–H groups in total. The van der Waals surface area contributed by atoms with Crippen molar-refractivity contribution in [3.8, 4) is 11.3 Å². The Morgan fingerprint density at radius 2 is 1.75 bits per heavy atom. The molecule has 3 rings (SSSR count). The Kier molecular flexibility index (Phi) is 3.52. The maximum Gasteiger partial charge on any atom is 0.289 e. The van der Waals surface area contributed by atoms with Crippen LogP contribution in [0.1, 0.15) is 10.6 Å². The van der Waals surface area contributed by atoms with Crippen molar-refractivity contribution >= 4 is 5.91 Å². The number of nitrogens with zero attached hydrogens (tertiary/aromatic N) is 1. The molecule has 0 spiro atoms. The number of carbonyl (C=O) groups is 1. The van der Waals surface area contributed by atoms with Crippen molar-refractivity contribution in [3.63, 3.8) is 0 Å². The van der Waals surface area contributed by atoms with Crippen LogP contribution >= 0.6 is 0 Å². The van der Waals surface area contributed by atoms with Crippen LogP contribution in [0.5, 0.6) is 0 Å². The molecule has 2 heterocycles. The first kappa shape index (κ1) is 12.9. The molecule has 0 saturated carbocycles. The van der Waals surface area contributed by atoms with E-state index in [1.165, 1.54) is 12.1 Å². The predicted molar refractivity (Wildman–Crippen MR) is 70.8 cm³/mol. The Hall–Kier alpha value is -2.14.